The first-order chi connectivity index (χ1) is 9.74. The Kier molecular flexibility index (Phi) is 4.51. The Morgan fingerprint density at radius 3 is 2.67 bits per heavy atom. The van der Waals surface area contributed by atoms with E-state index in [-0.39, 0.29) is 5.69 Å². The van der Waals surface area contributed by atoms with Crippen LogP contribution in [0.15, 0.2) is 18.2 Å². The topological polar surface area (TPSA) is 36.4 Å². The van der Waals surface area contributed by atoms with Crippen molar-refractivity contribution >= 4 is 5.91 Å². The van der Waals surface area contributed by atoms with Crippen LogP contribution in [-0.2, 0) is 6.54 Å². The van der Waals surface area contributed by atoms with Gasteiger partial charge in [0, 0.05) is 26.7 Å². The van der Waals surface area contributed by atoms with Crippen LogP contribution in [0.2, 0.25) is 0 Å². The van der Waals surface area contributed by atoms with E-state index in [4.69, 9.17) is 0 Å². The zero-order valence-corrected chi connectivity index (χ0v) is 12.0. The third-order valence-electron chi connectivity index (χ3n) is 3.31. The molecule has 0 N–H and O–H groups in total. The van der Waals surface area contributed by atoms with Crippen molar-refractivity contribution < 1.29 is 18.0 Å². The number of pyridine rings is 1. The quantitative estimate of drug-likeness (QED) is 0.855. The smallest absolute Gasteiger partial charge is 0.331 e. The molecule has 4 nitrogen and oxygen atoms in total. The molecule has 0 atom stereocenters. The van der Waals surface area contributed by atoms with Gasteiger partial charge in [-0.3, -0.25) is 9.69 Å². The second kappa shape index (κ2) is 6.01. The van der Waals surface area contributed by atoms with Crippen LogP contribution in [0.1, 0.15) is 23.1 Å². The molecule has 2 rings (SSSR count). The molecule has 0 aliphatic carbocycles. The maximum absolute atomic E-state index is 12.3. The van der Waals surface area contributed by atoms with Crippen LogP contribution in [0.5, 0.6) is 0 Å². The van der Waals surface area contributed by atoms with E-state index in [1.165, 1.54) is 6.07 Å². The molecule has 7 heteroatoms. The second-order valence-electron chi connectivity index (χ2n) is 5.59. The Labute approximate surface area is 121 Å². The number of hydrogen-bond acceptors (Lipinski definition) is 3. The van der Waals surface area contributed by atoms with Gasteiger partial charge in [-0.15, -0.1) is 0 Å². The van der Waals surface area contributed by atoms with E-state index in [9.17, 15) is 18.0 Å². The van der Waals surface area contributed by atoms with Gasteiger partial charge in [-0.1, -0.05) is 13.0 Å². The Bertz CT molecular complexity index is 512. The fourth-order valence-electron chi connectivity index (χ4n) is 2.41. The van der Waals surface area contributed by atoms with Crippen LogP contribution in [-0.4, -0.2) is 53.5 Å². The number of halogens is 3. The normalized spacial score (nSPS) is 16.6. The number of nitrogens with zero attached hydrogens (tertiary/aromatic N) is 3. The molecule has 0 spiro atoms. The number of carbonyl (C=O) groups excluding carboxylic acids is 1. The van der Waals surface area contributed by atoms with Gasteiger partial charge in [0.2, 0.25) is 0 Å². The van der Waals surface area contributed by atoms with Crippen LogP contribution in [0.25, 0.3) is 0 Å². The molecule has 1 saturated heterocycles. The minimum absolute atomic E-state index is 0.0489. The molecule has 1 amide bonds. The molecule has 0 radical (unpaired) electrons. The molecule has 0 unspecified atom stereocenters. The lowest BCUT2D eigenvalue weighted by atomic mass is 10.0. The Morgan fingerprint density at radius 1 is 1.43 bits per heavy atom. The van der Waals surface area contributed by atoms with Crippen molar-refractivity contribution in [3.05, 3.63) is 29.6 Å². The molecule has 1 aliphatic heterocycles. The minimum atomic E-state index is -4.41. The van der Waals surface area contributed by atoms with Crippen LogP contribution < -0.4 is 0 Å². The summed E-state index contributed by atoms with van der Waals surface area (Å²) in [7, 11) is 1.13. The predicted octanol–water partition coefficient (Wildman–Crippen LogP) is 2.17. The number of rotatable bonds is 4. The fraction of sp³-hybridized carbons (Fsp3) is 0.571. The number of hydrogen-bond donors (Lipinski definition) is 0. The van der Waals surface area contributed by atoms with Gasteiger partial charge in [0.15, 0.2) is 0 Å². The Balaban J connectivity index is 2.01. The third kappa shape index (κ3) is 4.42. The summed E-state index contributed by atoms with van der Waals surface area (Å²) in [5, 5.41) is 0. The molecule has 1 fully saturated rings. The second-order valence-corrected chi connectivity index (χ2v) is 5.59. The fourth-order valence-corrected chi connectivity index (χ4v) is 2.41. The van der Waals surface area contributed by atoms with Gasteiger partial charge < -0.3 is 4.90 Å². The number of alkyl halides is 3. The molecule has 116 valence electrons. The highest BCUT2D eigenvalue weighted by Gasteiger charge is 2.32. The third-order valence-corrected chi connectivity index (χ3v) is 3.31. The summed E-state index contributed by atoms with van der Waals surface area (Å²) >= 11 is 0. The minimum Gasteiger partial charge on any atom is -0.331 e. The van der Waals surface area contributed by atoms with Crippen molar-refractivity contribution in [3.8, 4) is 0 Å². The zero-order chi connectivity index (χ0) is 15.6. The first-order valence-electron chi connectivity index (χ1n) is 6.75. The lowest BCUT2D eigenvalue weighted by Crippen LogP contribution is -2.44. The van der Waals surface area contributed by atoms with Crippen LogP contribution in [0.4, 0.5) is 13.2 Å². The van der Waals surface area contributed by atoms with Crippen molar-refractivity contribution in [2.24, 2.45) is 5.92 Å². The highest BCUT2D eigenvalue weighted by atomic mass is 19.4. The van der Waals surface area contributed by atoms with Gasteiger partial charge >= 0.3 is 6.18 Å². The number of aromatic nitrogens is 1. The average Bonchev–Trinajstić information content (AvgIpc) is 2.34. The summed E-state index contributed by atoms with van der Waals surface area (Å²) in [4.78, 5) is 18.9. The van der Waals surface area contributed by atoms with Crippen molar-refractivity contribution in [3.63, 3.8) is 0 Å². The number of amides is 1. The summed E-state index contributed by atoms with van der Waals surface area (Å²) in [5.41, 5.74) is 0.751. The van der Waals surface area contributed by atoms with Gasteiger partial charge in [0.25, 0.3) is 5.91 Å². The molecule has 0 bridgehead atoms. The van der Waals surface area contributed by atoms with E-state index in [2.05, 4.69) is 16.8 Å². The highest BCUT2D eigenvalue weighted by molar-refractivity contribution is 5.92. The summed E-state index contributed by atoms with van der Waals surface area (Å²) in [5.74, 6) is -0.0566. The average molecular weight is 301 g/mol. The zero-order valence-electron chi connectivity index (χ0n) is 12.0. The first kappa shape index (κ1) is 15.8. The maximum Gasteiger partial charge on any atom is 0.406 e. The van der Waals surface area contributed by atoms with E-state index in [0.717, 1.165) is 20.1 Å². The monoisotopic (exact) mass is 301 g/mol. The Morgan fingerprint density at radius 2 is 2.10 bits per heavy atom. The van der Waals surface area contributed by atoms with E-state index < -0.39 is 18.6 Å². The van der Waals surface area contributed by atoms with Crippen LogP contribution in [0, 0.1) is 5.92 Å². The standard InChI is InChI=1S/C14H18F3N3O/c1-10-6-20(7-10)8-11-4-3-5-12(18-11)13(21)19(2)9-14(15,16)17/h3-5,10H,6-9H2,1-2H3. The van der Waals surface area contributed by atoms with E-state index >= 15 is 0 Å². The maximum atomic E-state index is 12.3. The van der Waals surface area contributed by atoms with Crippen molar-refractivity contribution in [1.29, 1.82) is 0 Å². The van der Waals surface area contributed by atoms with Gasteiger partial charge in [-0.2, -0.15) is 13.2 Å². The molecule has 21 heavy (non-hydrogen) atoms. The van der Waals surface area contributed by atoms with Crippen molar-refractivity contribution in [1.82, 2.24) is 14.8 Å². The van der Waals surface area contributed by atoms with Gasteiger partial charge in [-0.05, 0) is 18.1 Å². The summed E-state index contributed by atoms with van der Waals surface area (Å²) in [6, 6.07) is 4.88. The molecule has 0 aromatic carbocycles. The Hall–Kier alpha value is -1.63. The molecule has 1 aliphatic rings. The number of carbonyl (C=O) groups is 1. The molecular formula is C14H18F3N3O. The molecule has 0 saturated carbocycles. The molecular weight excluding hydrogens is 283 g/mol. The first-order valence-corrected chi connectivity index (χ1v) is 6.75. The van der Waals surface area contributed by atoms with Crippen LogP contribution in [0.3, 0.4) is 0 Å². The molecule has 1 aromatic rings. The van der Waals surface area contributed by atoms with Gasteiger partial charge in [0.05, 0.1) is 5.69 Å². The lowest BCUT2D eigenvalue weighted by Gasteiger charge is -2.36. The lowest BCUT2D eigenvalue weighted by molar-refractivity contribution is -0.138. The van der Waals surface area contributed by atoms with Crippen LogP contribution >= 0.6 is 0 Å². The predicted molar refractivity (Wildman–Crippen MR) is 71.7 cm³/mol. The van der Waals surface area contributed by atoms with E-state index in [0.29, 0.717) is 23.1 Å². The van der Waals surface area contributed by atoms with Gasteiger partial charge in [-0.25, -0.2) is 4.98 Å². The number of likely N-dealkylation sites (tertiary alicyclic amines) is 1. The largest absolute Gasteiger partial charge is 0.406 e. The van der Waals surface area contributed by atoms with Gasteiger partial charge in [0.1, 0.15) is 12.2 Å². The molecule has 2 heterocycles. The summed E-state index contributed by atoms with van der Waals surface area (Å²) < 4.78 is 36.9. The summed E-state index contributed by atoms with van der Waals surface area (Å²) in [6.45, 7) is 3.45. The van der Waals surface area contributed by atoms with Crippen molar-refractivity contribution in [2.75, 3.05) is 26.7 Å². The van der Waals surface area contributed by atoms with E-state index in [1.54, 1.807) is 12.1 Å². The van der Waals surface area contributed by atoms with E-state index in [1.807, 2.05) is 0 Å². The molecule has 1 aromatic heterocycles. The SMILES string of the molecule is CC1CN(Cc2cccc(C(=O)N(C)CC(F)(F)F)n2)C1. The highest BCUT2D eigenvalue weighted by Crippen LogP contribution is 2.18. The summed E-state index contributed by atoms with van der Waals surface area (Å²) in [6.07, 6.45) is -4.41. The van der Waals surface area contributed by atoms with Crippen molar-refractivity contribution in [2.45, 2.75) is 19.6 Å².